The summed E-state index contributed by atoms with van der Waals surface area (Å²) in [4.78, 5) is 2.72. The van der Waals surface area contributed by atoms with Crippen molar-refractivity contribution in [1.29, 1.82) is 0 Å². The molecule has 0 amide bonds. The predicted molar refractivity (Wildman–Crippen MR) is 60.2 cm³/mol. The summed E-state index contributed by atoms with van der Waals surface area (Å²) in [6.45, 7) is 4.85. The molecule has 2 heterocycles. The second-order valence-electron chi connectivity index (χ2n) is 5.21. The van der Waals surface area contributed by atoms with Crippen LogP contribution in [0.3, 0.4) is 0 Å². The zero-order valence-electron chi connectivity index (χ0n) is 9.41. The van der Waals surface area contributed by atoms with Crippen LogP contribution < -0.4 is 5.73 Å². The van der Waals surface area contributed by atoms with Crippen molar-refractivity contribution in [3.63, 3.8) is 0 Å². The molecule has 2 heteroatoms. The average molecular weight is 196 g/mol. The van der Waals surface area contributed by atoms with Crippen molar-refractivity contribution in [2.75, 3.05) is 13.1 Å². The summed E-state index contributed by atoms with van der Waals surface area (Å²) < 4.78 is 0. The van der Waals surface area contributed by atoms with E-state index in [-0.39, 0.29) is 0 Å². The van der Waals surface area contributed by atoms with Gasteiger partial charge in [0.05, 0.1) is 0 Å². The quantitative estimate of drug-likeness (QED) is 0.732. The summed E-state index contributed by atoms with van der Waals surface area (Å²) in [6.07, 6.45) is 8.34. The van der Waals surface area contributed by atoms with Gasteiger partial charge < -0.3 is 10.6 Å². The van der Waals surface area contributed by atoms with E-state index in [0.29, 0.717) is 6.04 Å². The highest BCUT2D eigenvalue weighted by Crippen LogP contribution is 2.33. The van der Waals surface area contributed by atoms with Gasteiger partial charge in [0.1, 0.15) is 0 Å². The number of nitrogens with two attached hydrogens (primary N) is 1. The maximum absolute atomic E-state index is 5.93. The van der Waals surface area contributed by atoms with Crippen molar-refractivity contribution in [3.05, 3.63) is 0 Å². The highest BCUT2D eigenvalue weighted by atomic mass is 15.2. The van der Waals surface area contributed by atoms with Crippen LogP contribution in [0.1, 0.15) is 45.4 Å². The Hall–Kier alpha value is -0.0800. The van der Waals surface area contributed by atoms with E-state index in [0.717, 1.165) is 12.0 Å². The number of piperidine rings is 2. The van der Waals surface area contributed by atoms with Gasteiger partial charge in [-0.2, -0.15) is 0 Å². The fourth-order valence-corrected chi connectivity index (χ4v) is 3.33. The van der Waals surface area contributed by atoms with Crippen molar-refractivity contribution < 1.29 is 0 Å². The zero-order chi connectivity index (χ0) is 9.97. The molecule has 3 atom stereocenters. The normalized spacial score (nSPS) is 36.4. The first kappa shape index (κ1) is 10.4. The second kappa shape index (κ2) is 4.63. The largest absolute Gasteiger partial charge is 0.328 e. The third-order valence-electron chi connectivity index (χ3n) is 3.90. The Morgan fingerprint density at radius 2 is 2.00 bits per heavy atom. The van der Waals surface area contributed by atoms with Crippen LogP contribution in [0.15, 0.2) is 0 Å². The molecular weight excluding hydrogens is 172 g/mol. The lowest BCUT2D eigenvalue weighted by Crippen LogP contribution is -2.48. The van der Waals surface area contributed by atoms with E-state index in [4.69, 9.17) is 5.73 Å². The van der Waals surface area contributed by atoms with E-state index in [2.05, 4.69) is 11.8 Å². The summed E-state index contributed by atoms with van der Waals surface area (Å²) in [5.41, 5.74) is 5.93. The number of hydrogen-bond donors (Lipinski definition) is 1. The molecule has 3 unspecified atom stereocenters. The van der Waals surface area contributed by atoms with Crippen LogP contribution in [0.25, 0.3) is 0 Å². The van der Waals surface area contributed by atoms with Crippen LogP contribution in [0, 0.1) is 5.92 Å². The van der Waals surface area contributed by atoms with Gasteiger partial charge in [-0.1, -0.05) is 6.42 Å². The van der Waals surface area contributed by atoms with Crippen molar-refractivity contribution >= 4 is 0 Å². The van der Waals surface area contributed by atoms with Gasteiger partial charge in [-0.05, 0) is 58.0 Å². The molecule has 2 N–H and O–H groups in total. The fourth-order valence-electron chi connectivity index (χ4n) is 3.33. The van der Waals surface area contributed by atoms with Crippen LogP contribution in [0.2, 0.25) is 0 Å². The lowest BCUT2D eigenvalue weighted by atomic mass is 9.80. The Kier molecular flexibility index (Phi) is 3.45. The molecule has 2 saturated heterocycles. The van der Waals surface area contributed by atoms with E-state index < -0.39 is 0 Å². The number of nitrogens with zero attached hydrogens (tertiary/aromatic N) is 1. The van der Waals surface area contributed by atoms with Gasteiger partial charge in [0.2, 0.25) is 0 Å². The maximum atomic E-state index is 5.93. The van der Waals surface area contributed by atoms with Crippen LogP contribution in [-0.4, -0.2) is 30.1 Å². The molecule has 0 aromatic rings. The summed E-state index contributed by atoms with van der Waals surface area (Å²) in [5, 5.41) is 0. The molecule has 0 saturated carbocycles. The minimum absolute atomic E-state index is 0.391. The molecule has 2 nitrogen and oxygen atoms in total. The Morgan fingerprint density at radius 1 is 1.21 bits per heavy atom. The molecule has 2 aliphatic rings. The summed E-state index contributed by atoms with van der Waals surface area (Å²) >= 11 is 0. The van der Waals surface area contributed by atoms with Crippen molar-refractivity contribution in [2.24, 2.45) is 11.7 Å². The third kappa shape index (κ3) is 2.29. The highest BCUT2D eigenvalue weighted by Gasteiger charge is 2.32. The van der Waals surface area contributed by atoms with Crippen LogP contribution >= 0.6 is 0 Å². The number of fused-ring (bicyclic) bond motifs is 1. The Balaban J connectivity index is 1.94. The number of hydrogen-bond acceptors (Lipinski definition) is 2. The molecule has 0 spiro atoms. The molecular formula is C12H24N2. The van der Waals surface area contributed by atoms with Crippen molar-refractivity contribution in [1.82, 2.24) is 4.90 Å². The van der Waals surface area contributed by atoms with Crippen LogP contribution in [0.5, 0.6) is 0 Å². The summed E-state index contributed by atoms with van der Waals surface area (Å²) in [6, 6.07) is 1.27. The van der Waals surface area contributed by atoms with Gasteiger partial charge in [-0.3, -0.25) is 0 Å². The topological polar surface area (TPSA) is 29.3 Å². The molecule has 2 fully saturated rings. The minimum atomic E-state index is 0.391. The molecule has 2 rings (SSSR count). The van der Waals surface area contributed by atoms with Gasteiger partial charge in [0.15, 0.2) is 0 Å². The molecule has 0 aromatic heterocycles. The van der Waals surface area contributed by atoms with Gasteiger partial charge in [-0.25, -0.2) is 0 Å². The first-order chi connectivity index (χ1) is 6.77. The summed E-state index contributed by atoms with van der Waals surface area (Å²) in [5.74, 6) is 0.893. The molecule has 14 heavy (non-hydrogen) atoms. The van der Waals surface area contributed by atoms with E-state index in [1.807, 2.05) is 0 Å². The summed E-state index contributed by atoms with van der Waals surface area (Å²) in [7, 11) is 0. The minimum Gasteiger partial charge on any atom is -0.328 e. The van der Waals surface area contributed by atoms with Crippen molar-refractivity contribution in [3.8, 4) is 0 Å². The Morgan fingerprint density at radius 3 is 2.79 bits per heavy atom. The first-order valence-electron chi connectivity index (χ1n) is 6.27. The maximum Gasteiger partial charge on any atom is 0.0124 e. The van der Waals surface area contributed by atoms with Gasteiger partial charge in [0, 0.05) is 12.1 Å². The predicted octanol–water partition coefficient (Wildman–Crippen LogP) is 1.99. The van der Waals surface area contributed by atoms with E-state index in [9.17, 15) is 0 Å². The van der Waals surface area contributed by atoms with Gasteiger partial charge >= 0.3 is 0 Å². The molecule has 0 radical (unpaired) electrons. The zero-order valence-corrected chi connectivity index (χ0v) is 9.41. The van der Waals surface area contributed by atoms with Gasteiger partial charge in [0.25, 0.3) is 0 Å². The van der Waals surface area contributed by atoms with Crippen LogP contribution in [-0.2, 0) is 0 Å². The second-order valence-corrected chi connectivity index (χ2v) is 5.21. The standard InChI is InChI=1S/C12H24N2/c1-10(13)9-11-5-4-8-14-7-3-2-6-12(11)14/h10-12H,2-9,13H2,1H3. The molecule has 2 aliphatic heterocycles. The van der Waals surface area contributed by atoms with E-state index in [1.54, 1.807) is 0 Å². The Labute approximate surface area is 87.8 Å². The number of rotatable bonds is 2. The molecule has 0 bridgehead atoms. The first-order valence-corrected chi connectivity index (χ1v) is 6.27. The van der Waals surface area contributed by atoms with E-state index in [1.165, 1.54) is 51.6 Å². The molecule has 82 valence electrons. The van der Waals surface area contributed by atoms with Gasteiger partial charge in [-0.15, -0.1) is 0 Å². The monoisotopic (exact) mass is 196 g/mol. The van der Waals surface area contributed by atoms with Crippen molar-refractivity contribution in [2.45, 2.75) is 57.5 Å². The van der Waals surface area contributed by atoms with Crippen LogP contribution in [0.4, 0.5) is 0 Å². The lowest BCUT2D eigenvalue weighted by Gasteiger charge is -2.45. The van der Waals surface area contributed by atoms with E-state index >= 15 is 0 Å². The smallest absolute Gasteiger partial charge is 0.0124 e. The Bertz CT molecular complexity index is 177. The highest BCUT2D eigenvalue weighted by molar-refractivity contribution is 4.88. The SMILES string of the molecule is CC(N)CC1CCCN2CCCCC12. The lowest BCUT2D eigenvalue weighted by molar-refractivity contribution is 0.0535. The third-order valence-corrected chi connectivity index (χ3v) is 3.90. The molecule has 0 aromatic carbocycles. The average Bonchev–Trinajstić information content (AvgIpc) is 2.18. The molecule has 0 aliphatic carbocycles. The fraction of sp³-hybridized carbons (Fsp3) is 1.00.